The molecule has 1 aliphatic heterocycles. The Hall–Kier alpha value is -0.120. The standard InChI is InChI=1S/C3H8N2O/c4-1-3(5)2-6-3/h1-2,4-5H2. The van der Waals surface area contributed by atoms with Crippen molar-refractivity contribution in [3.05, 3.63) is 0 Å². The molecule has 1 saturated heterocycles. The van der Waals surface area contributed by atoms with E-state index in [1.165, 1.54) is 0 Å². The number of hydrogen-bond donors (Lipinski definition) is 2. The number of epoxide rings is 1. The van der Waals surface area contributed by atoms with E-state index >= 15 is 0 Å². The first-order valence-electron chi connectivity index (χ1n) is 1.90. The fourth-order valence-electron chi connectivity index (χ4n) is 0.211. The Kier molecular flexibility index (Phi) is 0.629. The van der Waals surface area contributed by atoms with Gasteiger partial charge in [0.1, 0.15) is 0 Å². The number of ether oxygens (including phenoxy) is 1. The van der Waals surface area contributed by atoms with Crippen molar-refractivity contribution in [2.24, 2.45) is 11.5 Å². The van der Waals surface area contributed by atoms with Gasteiger partial charge in [-0.25, -0.2) is 0 Å². The zero-order valence-electron chi connectivity index (χ0n) is 3.48. The lowest BCUT2D eigenvalue weighted by Crippen LogP contribution is -2.33. The molecule has 6 heavy (non-hydrogen) atoms. The normalized spacial score (nSPS) is 43.0. The highest BCUT2D eigenvalue weighted by Crippen LogP contribution is 2.15. The first-order valence-corrected chi connectivity index (χ1v) is 1.90. The molecule has 1 unspecified atom stereocenters. The van der Waals surface area contributed by atoms with Crippen LogP contribution in [0.3, 0.4) is 0 Å². The number of rotatable bonds is 1. The maximum Gasteiger partial charge on any atom is 0.152 e. The van der Waals surface area contributed by atoms with E-state index in [0.717, 1.165) is 0 Å². The van der Waals surface area contributed by atoms with Crippen LogP contribution in [-0.4, -0.2) is 18.9 Å². The molecule has 0 amide bonds. The molecule has 0 aromatic carbocycles. The summed E-state index contributed by atoms with van der Waals surface area (Å²) in [5.74, 6) is 0. The Bertz CT molecular complexity index is 59.8. The molecular formula is C3H8N2O. The van der Waals surface area contributed by atoms with Crippen molar-refractivity contribution in [3.63, 3.8) is 0 Å². The minimum atomic E-state index is -0.431. The molecule has 0 spiro atoms. The van der Waals surface area contributed by atoms with Gasteiger partial charge in [0.2, 0.25) is 0 Å². The van der Waals surface area contributed by atoms with Gasteiger partial charge in [0, 0.05) is 6.54 Å². The van der Waals surface area contributed by atoms with Crippen molar-refractivity contribution >= 4 is 0 Å². The second kappa shape index (κ2) is 0.932. The molecule has 0 aromatic rings. The van der Waals surface area contributed by atoms with Crippen molar-refractivity contribution in [1.82, 2.24) is 0 Å². The molecule has 36 valence electrons. The average molecular weight is 88.1 g/mol. The molecule has 1 atom stereocenters. The largest absolute Gasteiger partial charge is 0.353 e. The van der Waals surface area contributed by atoms with Crippen molar-refractivity contribution in [2.45, 2.75) is 5.72 Å². The molecule has 0 radical (unpaired) electrons. The lowest BCUT2D eigenvalue weighted by atomic mass is 10.4. The minimum Gasteiger partial charge on any atom is -0.353 e. The zero-order valence-corrected chi connectivity index (χ0v) is 3.48. The van der Waals surface area contributed by atoms with E-state index in [9.17, 15) is 0 Å². The highest BCUT2D eigenvalue weighted by atomic mass is 16.6. The topological polar surface area (TPSA) is 64.6 Å². The van der Waals surface area contributed by atoms with E-state index in [4.69, 9.17) is 16.2 Å². The first kappa shape index (κ1) is 4.05. The van der Waals surface area contributed by atoms with E-state index < -0.39 is 5.72 Å². The molecule has 0 saturated carbocycles. The summed E-state index contributed by atoms with van der Waals surface area (Å²) in [6.07, 6.45) is 0. The van der Waals surface area contributed by atoms with E-state index in [-0.39, 0.29) is 0 Å². The predicted octanol–water partition coefficient (Wildman–Crippen LogP) is -1.37. The Labute approximate surface area is 36.3 Å². The molecule has 1 fully saturated rings. The van der Waals surface area contributed by atoms with Gasteiger partial charge in [-0.15, -0.1) is 0 Å². The molecule has 1 heterocycles. The van der Waals surface area contributed by atoms with Crippen LogP contribution in [0.2, 0.25) is 0 Å². The van der Waals surface area contributed by atoms with Crippen molar-refractivity contribution in [1.29, 1.82) is 0 Å². The molecule has 3 nitrogen and oxygen atoms in total. The monoisotopic (exact) mass is 88.1 g/mol. The third-order valence-corrected chi connectivity index (χ3v) is 0.861. The van der Waals surface area contributed by atoms with Crippen molar-refractivity contribution < 1.29 is 4.74 Å². The smallest absolute Gasteiger partial charge is 0.152 e. The Morgan fingerprint density at radius 3 is 2.33 bits per heavy atom. The molecule has 0 aliphatic carbocycles. The predicted molar refractivity (Wildman–Crippen MR) is 21.9 cm³/mol. The second-order valence-corrected chi connectivity index (χ2v) is 1.56. The SMILES string of the molecule is NCC1(N)CO1. The van der Waals surface area contributed by atoms with E-state index in [1.54, 1.807) is 0 Å². The van der Waals surface area contributed by atoms with Crippen molar-refractivity contribution in [3.8, 4) is 0 Å². The van der Waals surface area contributed by atoms with Crippen LogP contribution in [0.15, 0.2) is 0 Å². The van der Waals surface area contributed by atoms with Crippen LogP contribution >= 0.6 is 0 Å². The van der Waals surface area contributed by atoms with Gasteiger partial charge >= 0.3 is 0 Å². The van der Waals surface area contributed by atoms with Crippen LogP contribution in [0, 0.1) is 0 Å². The molecule has 4 N–H and O–H groups in total. The maximum absolute atomic E-state index is 5.30. The van der Waals surface area contributed by atoms with Gasteiger partial charge in [-0.05, 0) is 0 Å². The summed E-state index contributed by atoms with van der Waals surface area (Å²) in [7, 11) is 0. The summed E-state index contributed by atoms with van der Waals surface area (Å²) in [5.41, 5.74) is 9.99. The van der Waals surface area contributed by atoms with Gasteiger partial charge in [0.15, 0.2) is 5.72 Å². The van der Waals surface area contributed by atoms with Crippen LogP contribution in [0.25, 0.3) is 0 Å². The molecule has 1 aliphatic rings. The third kappa shape index (κ3) is 0.518. The highest BCUT2D eigenvalue weighted by molar-refractivity contribution is 4.85. The molecule has 0 aromatic heterocycles. The van der Waals surface area contributed by atoms with Crippen LogP contribution in [0.5, 0.6) is 0 Å². The van der Waals surface area contributed by atoms with Crippen LogP contribution in [0.4, 0.5) is 0 Å². The molecule has 3 heteroatoms. The fourth-order valence-corrected chi connectivity index (χ4v) is 0.211. The van der Waals surface area contributed by atoms with Gasteiger partial charge in [-0.3, -0.25) is 0 Å². The van der Waals surface area contributed by atoms with Crippen molar-refractivity contribution in [2.75, 3.05) is 13.2 Å². The summed E-state index contributed by atoms with van der Waals surface area (Å²) in [6.45, 7) is 1.07. The van der Waals surface area contributed by atoms with Gasteiger partial charge in [0.25, 0.3) is 0 Å². The second-order valence-electron chi connectivity index (χ2n) is 1.56. The number of hydrogen-bond acceptors (Lipinski definition) is 3. The molecule has 0 bridgehead atoms. The first-order chi connectivity index (χ1) is 2.77. The Morgan fingerprint density at radius 1 is 1.83 bits per heavy atom. The van der Waals surface area contributed by atoms with E-state index in [1.807, 2.05) is 0 Å². The lowest BCUT2D eigenvalue weighted by Gasteiger charge is -1.93. The summed E-state index contributed by atoms with van der Waals surface area (Å²) in [5, 5.41) is 0. The van der Waals surface area contributed by atoms with Crippen LogP contribution in [-0.2, 0) is 4.74 Å². The summed E-state index contributed by atoms with van der Waals surface area (Å²) < 4.78 is 4.70. The number of nitrogens with two attached hydrogens (primary N) is 2. The quantitative estimate of drug-likeness (QED) is 0.389. The van der Waals surface area contributed by atoms with E-state index in [2.05, 4.69) is 0 Å². The highest BCUT2D eigenvalue weighted by Gasteiger charge is 2.38. The zero-order chi connectivity index (χ0) is 4.62. The Morgan fingerprint density at radius 2 is 2.33 bits per heavy atom. The fraction of sp³-hybridized carbons (Fsp3) is 1.00. The van der Waals surface area contributed by atoms with Gasteiger partial charge in [0.05, 0.1) is 6.61 Å². The van der Waals surface area contributed by atoms with Crippen LogP contribution < -0.4 is 11.5 Å². The van der Waals surface area contributed by atoms with Gasteiger partial charge < -0.3 is 16.2 Å². The summed E-state index contributed by atoms with van der Waals surface area (Å²) in [4.78, 5) is 0. The molecule has 1 rings (SSSR count). The third-order valence-electron chi connectivity index (χ3n) is 0.861. The lowest BCUT2D eigenvalue weighted by molar-refractivity contribution is 0.317. The van der Waals surface area contributed by atoms with E-state index in [0.29, 0.717) is 13.2 Å². The maximum atomic E-state index is 5.30. The summed E-state index contributed by atoms with van der Waals surface area (Å²) >= 11 is 0. The Balaban J connectivity index is 2.28. The van der Waals surface area contributed by atoms with Gasteiger partial charge in [-0.2, -0.15) is 0 Å². The average Bonchev–Trinajstić information content (AvgIpc) is 2.22. The minimum absolute atomic E-state index is 0.431. The van der Waals surface area contributed by atoms with Gasteiger partial charge in [-0.1, -0.05) is 0 Å². The summed E-state index contributed by atoms with van der Waals surface area (Å²) in [6, 6.07) is 0. The molecular weight excluding hydrogens is 80.0 g/mol. The van der Waals surface area contributed by atoms with Crippen LogP contribution in [0.1, 0.15) is 0 Å².